The Labute approximate surface area is 325 Å². The van der Waals surface area contributed by atoms with Crippen LogP contribution in [0.25, 0.3) is 43.1 Å². The van der Waals surface area contributed by atoms with Crippen LogP contribution < -0.4 is 0 Å². The fourth-order valence-electron chi connectivity index (χ4n) is 8.76. The van der Waals surface area contributed by atoms with E-state index in [4.69, 9.17) is 0 Å². The molecule has 0 spiro atoms. The molecule has 6 heteroatoms. The second-order valence-electron chi connectivity index (χ2n) is 15.1. The van der Waals surface area contributed by atoms with Crippen LogP contribution >= 0.6 is 0 Å². The molecule has 0 radical (unpaired) electrons. The molecule has 0 heterocycles. The van der Waals surface area contributed by atoms with E-state index in [2.05, 4.69) is 0 Å². The number of benzene rings is 8. The van der Waals surface area contributed by atoms with Crippen molar-refractivity contribution in [3.05, 3.63) is 192 Å². The Morgan fingerprint density at radius 3 is 0.911 bits per heavy atom. The van der Waals surface area contributed by atoms with Gasteiger partial charge in [-0.2, -0.15) is 0 Å². The molecule has 0 aromatic heterocycles. The van der Waals surface area contributed by atoms with Gasteiger partial charge >= 0.3 is 0 Å². The van der Waals surface area contributed by atoms with E-state index in [-0.39, 0.29) is 0 Å². The van der Waals surface area contributed by atoms with Gasteiger partial charge in [-0.05, 0) is 78.2 Å². The topological polar surface area (TPSA) is 81.1 Å². The number of hydrogen-bond donors (Lipinski definition) is 2. The molecule has 8 aromatic carbocycles. The summed E-state index contributed by atoms with van der Waals surface area (Å²) in [7, 11) is 0. The highest BCUT2D eigenvalue weighted by molar-refractivity contribution is 5.94. The van der Waals surface area contributed by atoms with Gasteiger partial charge in [0.2, 0.25) is 0 Å². The van der Waals surface area contributed by atoms with Crippen LogP contribution in [0.15, 0.2) is 170 Å². The molecule has 2 N–H and O–H groups in total. The molecule has 56 heavy (non-hydrogen) atoms. The van der Waals surface area contributed by atoms with Gasteiger partial charge in [0.15, 0.2) is 0 Å². The van der Waals surface area contributed by atoms with Crippen LogP contribution in [0.2, 0.25) is 0 Å². The van der Waals surface area contributed by atoms with E-state index in [1.54, 1.807) is 0 Å². The van der Waals surface area contributed by atoms with Gasteiger partial charge in [-0.25, -0.2) is 10.1 Å². The molecule has 9 rings (SSSR count). The number of carbonyl (C=O) groups is 2. The van der Waals surface area contributed by atoms with E-state index >= 15 is 0 Å². The second kappa shape index (κ2) is 15.1. The van der Waals surface area contributed by atoms with Gasteiger partial charge < -0.3 is 0 Å². The van der Waals surface area contributed by atoms with Crippen molar-refractivity contribution >= 4 is 54.9 Å². The summed E-state index contributed by atoms with van der Waals surface area (Å²) in [6.45, 7) is 0. The lowest BCUT2D eigenvalue weighted by Crippen LogP contribution is -2.56. The first-order valence-corrected chi connectivity index (χ1v) is 19.4. The van der Waals surface area contributed by atoms with Gasteiger partial charge in [-0.1, -0.05) is 183 Å². The molecular weight excluding hydrogens is 693 g/mol. The summed E-state index contributed by atoms with van der Waals surface area (Å²) < 4.78 is 0. The van der Waals surface area contributed by atoms with E-state index in [1.807, 2.05) is 170 Å². The van der Waals surface area contributed by atoms with Crippen LogP contribution in [0.1, 0.15) is 59.8 Å². The van der Waals surface area contributed by atoms with Gasteiger partial charge in [0.05, 0.1) is 23.9 Å². The summed E-state index contributed by atoms with van der Waals surface area (Å²) in [6.07, 6.45) is 2.33. The fraction of sp³-hybridized carbons (Fsp3) is 0.160. The van der Waals surface area contributed by atoms with E-state index in [1.165, 1.54) is 0 Å². The van der Waals surface area contributed by atoms with Crippen molar-refractivity contribution < 1.29 is 20.0 Å². The minimum Gasteiger partial charge on any atom is -0.286 e. The third-order valence-electron chi connectivity index (χ3n) is 11.7. The van der Waals surface area contributed by atoms with Crippen molar-refractivity contribution in [2.75, 3.05) is 0 Å². The number of hydrogen-bond acceptors (Lipinski definition) is 4. The van der Waals surface area contributed by atoms with Crippen molar-refractivity contribution in [2.24, 2.45) is 0 Å². The zero-order valence-corrected chi connectivity index (χ0v) is 30.9. The lowest BCUT2D eigenvalue weighted by Gasteiger charge is -2.41. The molecule has 1 aliphatic rings. The number of hydroxylamine groups is 4. The van der Waals surface area contributed by atoms with Crippen LogP contribution in [0.3, 0.4) is 0 Å². The van der Waals surface area contributed by atoms with E-state index in [0.717, 1.165) is 88.3 Å². The zero-order valence-electron chi connectivity index (χ0n) is 30.9. The van der Waals surface area contributed by atoms with Crippen LogP contribution in [0.4, 0.5) is 0 Å². The Morgan fingerprint density at radius 1 is 0.393 bits per heavy atom. The predicted molar refractivity (Wildman–Crippen MR) is 223 cm³/mol. The standard InChI is InChI=1S/C50H42N2O4/c53-49(47(41-25-21-33-11-1-5-15-37(33)29-41)42-26-22-34-12-2-6-16-38(34)30-42)51(55)45-19-9-10-20-46(45)52(56)50(54)48(43-27-23-35-13-3-7-17-39(35)31-43)44-28-24-36-14-4-8-18-40(36)32-44/h1-8,11-18,21-32,45-48,55-56H,9-10,19-20H2/t45-,46?/m1/s1. The van der Waals surface area contributed by atoms with Gasteiger partial charge in [-0.3, -0.25) is 20.0 Å². The van der Waals surface area contributed by atoms with Gasteiger partial charge in [0.25, 0.3) is 11.8 Å². The monoisotopic (exact) mass is 734 g/mol. The highest BCUT2D eigenvalue weighted by atomic mass is 16.5. The average Bonchev–Trinajstić information content (AvgIpc) is 3.25. The highest BCUT2D eigenvalue weighted by Gasteiger charge is 2.42. The Hall–Kier alpha value is -6.34. The summed E-state index contributed by atoms with van der Waals surface area (Å²) in [6, 6.07) is 54.3. The molecule has 0 bridgehead atoms. The molecule has 0 saturated heterocycles. The minimum atomic E-state index is -0.831. The van der Waals surface area contributed by atoms with Gasteiger partial charge in [-0.15, -0.1) is 0 Å². The molecule has 2 atom stereocenters. The Morgan fingerprint density at radius 2 is 0.643 bits per heavy atom. The van der Waals surface area contributed by atoms with Crippen LogP contribution in [0.5, 0.6) is 0 Å². The third kappa shape index (κ3) is 6.68. The highest BCUT2D eigenvalue weighted by Crippen LogP contribution is 2.37. The Kier molecular flexibility index (Phi) is 9.51. The first-order valence-electron chi connectivity index (χ1n) is 19.4. The molecule has 1 aliphatic carbocycles. The maximum Gasteiger partial charge on any atom is 0.258 e. The summed E-state index contributed by atoms with van der Waals surface area (Å²) >= 11 is 0. The molecule has 1 unspecified atom stereocenters. The normalized spacial score (nSPS) is 15.9. The molecule has 8 aromatic rings. The van der Waals surface area contributed by atoms with Crippen LogP contribution in [0, 0.1) is 0 Å². The van der Waals surface area contributed by atoms with Gasteiger partial charge in [0, 0.05) is 0 Å². The summed E-state index contributed by atoms with van der Waals surface area (Å²) in [4.78, 5) is 29.7. The fourth-order valence-corrected chi connectivity index (χ4v) is 8.76. The Bertz CT molecular complexity index is 2400. The van der Waals surface area contributed by atoms with Crippen molar-refractivity contribution in [3.63, 3.8) is 0 Å². The first-order chi connectivity index (χ1) is 27.4. The molecule has 1 saturated carbocycles. The van der Waals surface area contributed by atoms with Crippen LogP contribution in [-0.4, -0.2) is 44.4 Å². The minimum absolute atomic E-state index is 0.427. The molecule has 6 nitrogen and oxygen atoms in total. The van der Waals surface area contributed by atoms with Crippen molar-refractivity contribution in [3.8, 4) is 0 Å². The number of rotatable bonds is 8. The zero-order chi connectivity index (χ0) is 38.2. The smallest absolute Gasteiger partial charge is 0.258 e. The quantitative estimate of drug-likeness (QED) is 0.120. The maximum absolute atomic E-state index is 14.9. The summed E-state index contributed by atoms with van der Waals surface area (Å²) in [5, 5.41) is 34.0. The molecule has 2 amide bonds. The van der Waals surface area contributed by atoms with E-state index in [9.17, 15) is 20.0 Å². The van der Waals surface area contributed by atoms with Crippen molar-refractivity contribution in [1.29, 1.82) is 0 Å². The van der Waals surface area contributed by atoms with Crippen LogP contribution in [-0.2, 0) is 9.59 Å². The summed E-state index contributed by atoms with van der Waals surface area (Å²) in [5.74, 6) is -2.67. The third-order valence-corrected chi connectivity index (χ3v) is 11.7. The molecule has 0 aliphatic heterocycles. The summed E-state index contributed by atoms with van der Waals surface area (Å²) in [5.41, 5.74) is 3.00. The SMILES string of the molecule is O=C(C(c1ccc2ccccc2c1)c1ccc2ccccc2c1)N(O)C1CCCC[C@H]1N(O)C(=O)C(c1ccc2ccccc2c1)c1ccc2ccccc2c1. The lowest BCUT2D eigenvalue weighted by molar-refractivity contribution is -0.213. The second-order valence-corrected chi connectivity index (χ2v) is 15.1. The molecular formula is C50H42N2O4. The van der Waals surface area contributed by atoms with E-state index in [0.29, 0.717) is 12.8 Å². The molecule has 276 valence electrons. The molecule has 1 fully saturated rings. The average molecular weight is 735 g/mol. The number of nitrogens with zero attached hydrogens (tertiary/aromatic N) is 2. The maximum atomic E-state index is 14.9. The van der Waals surface area contributed by atoms with E-state index < -0.39 is 35.7 Å². The Balaban J connectivity index is 1.08. The number of amides is 2. The number of fused-ring (bicyclic) bond motifs is 4. The van der Waals surface area contributed by atoms with Gasteiger partial charge in [0.1, 0.15) is 0 Å². The first kappa shape index (κ1) is 35.4. The number of carbonyl (C=O) groups excluding carboxylic acids is 2. The predicted octanol–water partition coefficient (Wildman–Crippen LogP) is 11.0. The lowest BCUT2D eigenvalue weighted by atomic mass is 9.84. The largest absolute Gasteiger partial charge is 0.286 e. The van der Waals surface area contributed by atoms with Crippen molar-refractivity contribution in [2.45, 2.75) is 49.6 Å². The van der Waals surface area contributed by atoms with Crippen molar-refractivity contribution in [1.82, 2.24) is 10.1 Å².